The highest BCUT2D eigenvalue weighted by Crippen LogP contribution is 2.18. The average Bonchev–Trinajstić information content (AvgIpc) is 2.64. The number of rotatable bonds is 9. The van der Waals surface area contributed by atoms with E-state index in [1.165, 1.54) is 0 Å². The highest BCUT2D eigenvalue weighted by Gasteiger charge is 2.15. The lowest BCUT2D eigenvalue weighted by atomic mass is 10.1. The van der Waals surface area contributed by atoms with Crippen molar-refractivity contribution in [2.75, 3.05) is 31.8 Å². The third-order valence-electron chi connectivity index (χ3n) is 3.96. The number of anilines is 1. The van der Waals surface area contributed by atoms with Gasteiger partial charge in [0.25, 0.3) is 0 Å². The Morgan fingerprint density at radius 3 is 2.50 bits per heavy atom. The zero-order chi connectivity index (χ0) is 20.6. The van der Waals surface area contributed by atoms with Crippen LogP contribution in [0.2, 0.25) is 0 Å². The number of hydrogen-bond acceptors (Lipinski definition) is 5. The molecule has 152 valence electrons. The first-order valence-electron chi connectivity index (χ1n) is 8.93. The van der Waals surface area contributed by atoms with Crippen LogP contribution in [0, 0.1) is 0 Å². The van der Waals surface area contributed by atoms with E-state index in [9.17, 15) is 13.2 Å². The van der Waals surface area contributed by atoms with Gasteiger partial charge in [-0.05, 0) is 41.8 Å². The summed E-state index contributed by atoms with van der Waals surface area (Å²) in [5, 5.41) is 2.90. The third-order valence-corrected chi connectivity index (χ3v) is 4.45. The van der Waals surface area contributed by atoms with Gasteiger partial charge in [-0.3, -0.25) is 0 Å². The molecule has 0 aliphatic rings. The molecular formula is C20H26N2O5S. The number of methoxy groups -OCH3 is 1. The van der Waals surface area contributed by atoms with E-state index in [1.807, 2.05) is 24.3 Å². The van der Waals surface area contributed by atoms with Crippen LogP contribution in [0.4, 0.5) is 10.5 Å². The monoisotopic (exact) mass is 406 g/mol. The van der Waals surface area contributed by atoms with Crippen molar-refractivity contribution in [3.8, 4) is 5.75 Å². The summed E-state index contributed by atoms with van der Waals surface area (Å²) in [4.78, 5) is 14.4. The Hall–Kier alpha value is -2.58. The smallest absolute Gasteiger partial charge is 0.322 e. The number of carbonyl (C=O) groups is 1. The minimum absolute atomic E-state index is 0.211. The topological polar surface area (TPSA) is 84.9 Å². The van der Waals surface area contributed by atoms with E-state index in [-0.39, 0.29) is 18.3 Å². The number of nitrogens with one attached hydrogen (secondary N) is 1. The van der Waals surface area contributed by atoms with Gasteiger partial charge in [-0.2, -0.15) is 8.42 Å². The van der Waals surface area contributed by atoms with E-state index < -0.39 is 10.1 Å². The molecule has 1 N–H and O–H groups in total. The molecule has 28 heavy (non-hydrogen) atoms. The van der Waals surface area contributed by atoms with Crippen LogP contribution in [0.25, 0.3) is 0 Å². The summed E-state index contributed by atoms with van der Waals surface area (Å²) in [6.45, 7) is 3.09. The van der Waals surface area contributed by atoms with Crippen LogP contribution in [-0.2, 0) is 27.8 Å². The predicted octanol–water partition coefficient (Wildman–Crippen LogP) is 3.27. The molecule has 0 aliphatic heterocycles. The van der Waals surface area contributed by atoms with Crippen molar-refractivity contribution < 1.29 is 22.1 Å². The van der Waals surface area contributed by atoms with Crippen LogP contribution in [0.1, 0.15) is 18.1 Å². The number of benzene rings is 2. The second-order valence-corrected chi connectivity index (χ2v) is 7.91. The van der Waals surface area contributed by atoms with Gasteiger partial charge < -0.3 is 19.1 Å². The molecule has 2 amide bonds. The summed E-state index contributed by atoms with van der Waals surface area (Å²) in [6, 6.07) is 14.1. The number of ether oxygens (including phenoxy) is 1. The van der Waals surface area contributed by atoms with Gasteiger partial charge in [0.05, 0.1) is 12.9 Å². The van der Waals surface area contributed by atoms with E-state index in [4.69, 9.17) is 8.92 Å². The number of amides is 2. The fourth-order valence-electron chi connectivity index (χ4n) is 2.62. The van der Waals surface area contributed by atoms with Crippen molar-refractivity contribution in [1.29, 1.82) is 0 Å². The standard InChI is InChI=1S/C20H26N2O5S/c1-4-16-7-5-9-18(13-16)21-20(23)22(11-12-26-2)15-17-8-6-10-19(14-17)27-28(3,24)25/h5-10,13-14H,4,11-12,15H2,1-3H3,(H,21,23). The molecule has 0 atom stereocenters. The van der Waals surface area contributed by atoms with Crippen molar-refractivity contribution >= 4 is 21.8 Å². The van der Waals surface area contributed by atoms with Crippen molar-refractivity contribution in [2.45, 2.75) is 19.9 Å². The average molecular weight is 407 g/mol. The molecule has 2 rings (SSSR count). The van der Waals surface area contributed by atoms with Gasteiger partial charge >= 0.3 is 16.1 Å². The number of urea groups is 1. The molecule has 0 heterocycles. The molecule has 8 heteroatoms. The molecule has 0 radical (unpaired) electrons. The fourth-order valence-corrected chi connectivity index (χ4v) is 3.07. The molecule has 0 aromatic heterocycles. The van der Waals surface area contributed by atoms with Gasteiger partial charge in [0.15, 0.2) is 0 Å². The predicted molar refractivity (Wildman–Crippen MR) is 109 cm³/mol. The van der Waals surface area contributed by atoms with Gasteiger partial charge in [0.1, 0.15) is 5.75 Å². The molecule has 0 saturated carbocycles. The zero-order valence-corrected chi connectivity index (χ0v) is 17.2. The second kappa shape index (κ2) is 10.1. The molecule has 0 aliphatic carbocycles. The Labute approximate surface area is 166 Å². The highest BCUT2D eigenvalue weighted by molar-refractivity contribution is 7.86. The number of aryl methyl sites for hydroxylation is 1. The molecule has 7 nitrogen and oxygen atoms in total. The van der Waals surface area contributed by atoms with Crippen LogP contribution in [0.5, 0.6) is 5.75 Å². The second-order valence-electron chi connectivity index (χ2n) is 6.33. The quantitative estimate of drug-likeness (QED) is 0.646. The van der Waals surface area contributed by atoms with Crippen LogP contribution in [0.15, 0.2) is 48.5 Å². The number of hydrogen-bond donors (Lipinski definition) is 1. The third kappa shape index (κ3) is 7.21. The lowest BCUT2D eigenvalue weighted by molar-refractivity contribution is 0.153. The minimum Gasteiger partial charge on any atom is -0.383 e. The summed E-state index contributed by atoms with van der Waals surface area (Å²) < 4.78 is 32.7. The van der Waals surface area contributed by atoms with Gasteiger partial charge in [-0.25, -0.2) is 4.79 Å². The van der Waals surface area contributed by atoms with Gasteiger partial charge in [-0.15, -0.1) is 0 Å². The van der Waals surface area contributed by atoms with Gasteiger partial charge in [-0.1, -0.05) is 31.2 Å². The van der Waals surface area contributed by atoms with Crippen molar-refractivity contribution in [2.24, 2.45) is 0 Å². The van der Waals surface area contributed by atoms with Gasteiger partial charge in [0.2, 0.25) is 0 Å². The van der Waals surface area contributed by atoms with E-state index in [0.29, 0.717) is 13.2 Å². The molecule has 0 saturated heterocycles. The Morgan fingerprint density at radius 1 is 1.11 bits per heavy atom. The van der Waals surface area contributed by atoms with Crippen LogP contribution in [-0.4, -0.2) is 45.9 Å². The summed E-state index contributed by atoms with van der Waals surface area (Å²) >= 11 is 0. The Kier molecular flexibility index (Phi) is 7.83. The van der Waals surface area contributed by atoms with Gasteiger partial charge in [0, 0.05) is 25.9 Å². The summed E-state index contributed by atoms with van der Waals surface area (Å²) in [7, 11) is -2.04. The van der Waals surface area contributed by atoms with Crippen LogP contribution < -0.4 is 9.50 Å². The summed E-state index contributed by atoms with van der Waals surface area (Å²) in [6.07, 6.45) is 1.87. The lowest BCUT2D eigenvalue weighted by Crippen LogP contribution is -2.36. The first-order chi connectivity index (χ1) is 13.3. The highest BCUT2D eigenvalue weighted by atomic mass is 32.2. The lowest BCUT2D eigenvalue weighted by Gasteiger charge is -2.23. The number of carbonyl (C=O) groups excluding carboxylic acids is 1. The molecule has 2 aromatic carbocycles. The van der Waals surface area contributed by atoms with Crippen molar-refractivity contribution in [1.82, 2.24) is 4.90 Å². The minimum atomic E-state index is -3.61. The molecule has 0 unspecified atom stereocenters. The SMILES string of the molecule is CCc1cccc(NC(=O)N(CCOC)Cc2cccc(OS(C)(=O)=O)c2)c1. The summed E-state index contributed by atoms with van der Waals surface area (Å²) in [5.41, 5.74) is 2.60. The zero-order valence-electron chi connectivity index (χ0n) is 16.3. The fraction of sp³-hybridized carbons (Fsp3) is 0.350. The van der Waals surface area contributed by atoms with E-state index in [2.05, 4.69) is 12.2 Å². The van der Waals surface area contributed by atoms with Crippen molar-refractivity contribution in [3.05, 3.63) is 59.7 Å². The maximum absolute atomic E-state index is 12.8. The summed E-state index contributed by atoms with van der Waals surface area (Å²) in [5.74, 6) is 0.211. The Bertz CT molecular complexity index is 899. The van der Waals surface area contributed by atoms with Crippen LogP contribution in [0.3, 0.4) is 0 Å². The maximum Gasteiger partial charge on any atom is 0.322 e. The van der Waals surface area contributed by atoms with Crippen molar-refractivity contribution in [3.63, 3.8) is 0 Å². The molecule has 0 fully saturated rings. The first-order valence-corrected chi connectivity index (χ1v) is 10.7. The first kappa shape index (κ1) is 21.7. The van der Waals surface area contributed by atoms with Crippen LogP contribution >= 0.6 is 0 Å². The van der Waals surface area contributed by atoms with E-state index in [0.717, 1.165) is 29.5 Å². The molecule has 2 aromatic rings. The molecule has 0 spiro atoms. The maximum atomic E-state index is 12.8. The molecular weight excluding hydrogens is 380 g/mol. The Morgan fingerprint density at radius 2 is 1.82 bits per heavy atom. The molecule has 0 bridgehead atoms. The number of nitrogens with zero attached hydrogens (tertiary/aromatic N) is 1. The normalized spacial score (nSPS) is 11.1. The van der Waals surface area contributed by atoms with E-state index in [1.54, 1.807) is 36.3 Å². The Balaban J connectivity index is 2.14. The largest absolute Gasteiger partial charge is 0.383 e. The van der Waals surface area contributed by atoms with E-state index >= 15 is 0 Å².